The summed E-state index contributed by atoms with van der Waals surface area (Å²) in [5, 5.41) is 2.57. The molecule has 0 spiro atoms. The van der Waals surface area contributed by atoms with Gasteiger partial charge in [-0.2, -0.15) is 0 Å². The number of nitrogens with two attached hydrogens (primary N) is 1. The molecule has 0 saturated heterocycles. The van der Waals surface area contributed by atoms with Gasteiger partial charge in [-0.15, -0.1) is 0 Å². The van der Waals surface area contributed by atoms with Gasteiger partial charge in [-0.1, -0.05) is 36.4 Å². The van der Waals surface area contributed by atoms with E-state index in [2.05, 4.69) is 94.4 Å². The summed E-state index contributed by atoms with van der Waals surface area (Å²) < 4.78 is 2.35. The van der Waals surface area contributed by atoms with Crippen LogP contribution in [0.15, 0.2) is 91.0 Å². The maximum absolute atomic E-state index is 5.99. The molecule has 0 saturated carbocycles. The van der Waals surface area contributed by atoms with Gasteiger partial charge in [0.25, 0.3) is 0 Å². The second-order valence-corrected chi connectivity index (χ2v) is 7.68. The minimum Gasteiger partial charge on any atom is -0.399 e. The van der Waals surface area contributed by atoms with Gasteiger partial charge < -0.3 is 15.2 Å². The molecule has 29 heavy (non-hydrogen) atoms. The Labute approximate surface area is 169 Å². The molecular formula is C26H21N3. The van der Waals surface area contributed by atoms with Gasteiger partial charge in [-0.25, -0.2) is 0 Å². The molecule has 5 aromatic rings. The Morgan fingerprint density at radius 3 is 2.34 bits per heavy atom. The Hall–Kier alpha value is -3.72. The molecule has 2 heterocycles. The van der Waals surface area contributed by atoms with Gasteiger partial charge in [0.05, 0.1) is 11.0 Å². The zero-order valence-electron chi connectivity index (χ0n) is 16.0. The Balaban J connectivity index is 1.58. The van der Waals surface area contributed by atoms with Crippen LogP contribution in [0.25, 0.3) is 27.5 Å². The number of anilines is 3. The second-order valence-electron chi connectivity index (χ2n) is 7.68. The Bertz CT molecular complexity index is 1370. The standard InChI is InChI=1S/C26H21N3/c27-19-10-12-24-18(16-19)14-15-28(24)21-11-13-26-23(17-21)22-8-4-5-9-25(22)29(26)20-6-2-1-3-7-20/h1-13,16-17H,14-15,27H2. The van der Waals surface area contributed by atoms with E-state index in [1.54, 1.807) is 0 Å². The van der Waals surface area contributed by atoms with E-state index in [4.69, 9.17) is 5.73 Å². The van der Waals surface area contributed by atoms with Crippen LogP contribution in [0, 0.1) is 0 Å². The molecule has 0 unspecified atom stereocenters. The fourth-order valence-electron chi connectivity index (χ4n) is 4.67. The van der Waals surface area contributed by atoms with Gasteiger partial charge >= 0.3 is 0 Å². The summed E-state index contributed by atoms with van der Waals surface area (Å²) >= 11 is 0. The lowest BCUT2D eigenvalue weighted by Crippen LogP contribution is -2.13. The summed E-state index contributed by atoms with van der Waals surface area (Å²) in [4.78, 5) is 2.41. The van der Waals surface area contributed by atoms with Crippen molar-refractivity contribution in [2.24, 2.45) is 0 Å². The lowest BCUT2D eigenvalue weighted by molar-refractivity contribution is 0.999. The van der Waals surface area contributed by atoms with Crippen LogP contribution in [-0.2, 0) is 6.42 Å². The van der Waals surface area contributed by atoms with Gasteiger partial charge in [-0.3, -0.25) is 0 Å². The molecule has 140 valence electrons. The van der Waals surface area contributed by atoms with E-state index < -0.39 is 0 Å². The number of rotatable bonds is 2. The smallest absolute Gasteiger partial charge is 0.0542 e. The van der Waals surface area contributed by atoms with Crippen molar-refractivity contribution in [1.29, 1.82) is 0 Å². The first-order valence-electron chi connectivity index (χ1n) is 10.0. The van der Waals surface area contributed by atoms with Crippen molar-refractivity contribution in [3.8, 4) is 5.69 Å². The largest absolute Gasteiger partial charge is 0.399 e. The molecule has 1 aromatic heterocycles. The summed E-state index contributed by atoms with van der Waals surface area (Å²) in [6.45, 7) is 0.988. The van der Waals surface area contributed by atoms with Crippen LogP contribution in [0.5, 0.6) is 0 Å². The van der Waals surface area contributed by atoms with Crippen LogP contribution < -0.4 is 10.6 Å². The van der Waals surface area contributed by atoms with Crippen LogP contribution >= 0.6 is 0 Å². The average Bonchev–Trinajstić information content (AvgIpc) is 3.32. The molecule has 1 aliphatic rings. The molecule has 0 fully saturated rings. The normalized spacial score (nSPS) is 13.3. The summed E-state index contributed by atoms with van der Waals surface area (Å²) in [5.74, 6) is 0. The fraction of sp³-hybridized carbons (Fsp3) is 0.0769. The SMILES string of the molecule is Nc1ccc2c(c1)CCN2c1ccc2c(c1)c1ccccc1n2-c1ccccc1. The second kappa shape index (κ2) is 6.14. The van der Waals surface area contributed by atoms with Crippen molar-refractivity contribution in [1.82, 2.24) is 4.57 Å². The first-order chi connectivity index (χ1) is 14.3. The zero-order chi connectivity index (χ0) is 19.4. The van der Waals surface area contributed by atoms with Crippen molar-refractivity contribution < 1.29 is 0 Å². The van der Waals surface area contributed by atoms with Crippen molar-refractivity contribution in [2.45, 2.75) is 6.42 Å². The van der Waals surface area contributed by atoms with Gasteiger partial charge in [0.1, 0.15) is 0 Å². The van der Waals surface area contributed by atoms with E-state index in [9.17, 15) is 0 Å². The van der Waals surface area contributed by atoms with Crippen molar-refractivity contribution >= 4 is 38.9 Å². The van der Waals surface area contributed by atoms with Crippen LogP contribution in [0.4, 0.5) is 17.1 Å². The molecular weight excluding hydrogens is 354 g/mol. The lowest BCUT2D eigenvalue weighted by Gasteiger charge is -2.20. The van der Waals surface area contributed by atoms with E-state index in [-0.39, 0.29) is 0 Å². The maximum Gasteiger partial charge on any atom is 0.0542 e. The van der Waals surface area contributed by atoms with Crippen LogP contribution in [0.1, 0.15) is 5.56 Å². The van der Waals surface area contributed by atoms with Gasteiger partial charge in [0.2, 0.25) is 0 Å². The number of benzene rings is 4. The topological polar surface area (TPSA) is 34.2 Å². The first kappa shape index (κ1) is 16.3. The molecule has 4 aromatic carbocycles. The number of fused-ring (bicyclic) bond motifs is 4. The summed E-state index contributed by atoms with van der Waals surface area (Å²) in [5.41, 5.74) is 14.3. The predicted octanol–water partition coefficient (Wildman–Crippen LogP) is 6.06. The summed E-state index contributed by atoms with van der Waals surface area (Å²) in [6.07, 6.45) is 1.03. The number of nitrogens with zero attached hydrogens (tertiary/aromatic N) is 2. The van der Waals surface area contributed by atoms with E-state index in [1.165, 1.54) is 44.4 Å². The van der Waals surface area contributed by atoms with Crippen molar-refractivity contribution in [3.63, 3.8) is 0 Å². The Kier molecular flexibility index (Phi) is 3.44. The average molecular weight is 375 g/mol. The van der Waals surface area contributed by atoms with Crippen LogP contribution in [0.2, 0.25) is 0 Å². The third kappa shape index (κ3) is 2.44. The number of para-hydroxylation sites is 2. The molecule has 3 heteroatoms. The predicted molar refractivity (Wildman–Crippen MR) is 122 cm³/mol. The minimum atomic E-state index is 0.840. The van der Waals surface area contributed by atoms with E-state index in [1.807, 2.05) is 6.07 Å². The molecule has 0 amide bonds. The fourth-order valence-corrected chi connectivity index (χ4v) is 4.67. The van der Waals surface area contributed by atoms with Gasteiger partial charge in [0, 0.05) is 40.1 Å². The molecule has 2 N–H and O–H groups in total. The number of hydrogen-bond donors (Lipinski definition) is 1. The molecule has 3 nitrogen and oxygen atoms in total. The monoisotopic (exact) mass is 375 g/mol. The van der Waals surface area contributed by atoms with Crippen LogP contribution in [-0.4, -0.2) is 11.1 Å². The van der Waals surface area contributed by atoms with Crippen LogP contribution in [0.3, 0.4) is 0 Å². The molecule has 0 aliphatic carbocycles. The number of aromatic nitrogens is 1. The van der Waals surface area contributed by atoms with E-state index >= 15 is 0 Å². The minimum absolute atomic E-state index is 0.840. The summed E-state index contributed by atoms with van der Waals surface area (Å²) in [6, 6.07) is 32.3. The van der Waals surface area contributed by atoms with Crippen molar-refractivity contribution in [3.05, 3.63) is 96.6 Å². The van der Waals surface area contributed by atoms with Gasteiger partial charge in [-0.05, 0) is 66.6 Å². The number of hydrogen-bond acceptors (Lipinski definition) is 2. The highest BCUT2D eigenvalue weighted by Gasteiger charge is 2.21. The Morgan fingerprint density at radius 1 is 0.655 bits per heavy atom. The highest BCUT2D eigenvalue weighted by atomic mass is 15.2. The maximum atomic E-state index is 5.99. The van der Waals surface area contributed by atoms with Crippen molar-refractivity contribution in [2.75, 3.05) is 17.2 Å². The quantitative estimate of drug-likeness (QED) is 0.381. The first-order valence-corrected chi connectivity index (χ1v) is 10.0. The highest BCUT2D eigenvalue weighted by Crippen LogP contribution is 2.39. The number of nitrogen functional groups attached to an aromatic ring is 1. The third-order valence-electron chi connectivity index (χ3n) is 5.98. The van der Waals surface area contributed by atoms with E-state index in [0.29, 0.717) is 0 Å². The zero-order valence-corrected chi connectivity index (χ0v) is 16.0. The lowest BCUT2D eigenvalue weighted by atomic mass is 10.1. The molecule has 6 rings (SSSR count). The third-order valence-corrected chi connectivity index (χ3v) is 5.98. The van der Waals surface area contributed by atoms with E-state index in [0.717, 1.165) is 18.7 Å². The molecule has 0 bridgehead atoms. The molecule has 0 radical (unpaired) electrons. The Morgan fingerprint density at radius 2 is 1.45 bits per heavy atom. The summed E-state index contributed by atoms with van der Waals surface area (Å²) in [7, 11) is 0. The highest BCUT2D eigenvalue weighted by molar-refractivity contribution is 6.10. The molecule has 0 atom stereocenters. The van der Waals surface area contributed by atoms with Gasteiger partial charge in [0.15, 0.2) is 0 Å². The molecule has 1 aliphatic heterocycles.